The minimum Gasteiger partial charge on any atom is -0.348 e. The number of carbonyl (C=O) groups is 2. The highest BCUT2D eigenvalue weighted by molar-refractivity contribution is 5.92. The minimum absolute atomic E-state index is 0.00543. The molecular formula is C15H20N2O2. The summed E-state index contributed by atoms with van der Waals surface area (Å²) in [6.07, 6.45) is 3.18. The molecule has 0 aliphatic heterocycles. The molecule has 19 heavy (non-hydrogen) atoms. The zero-order valence-electron chi connectivity index (χ0n) is 11.6. The van der Waals surface area contributed by atoms with Crippen LogP contribution in [-0.2, 0) is 16.1 Å². The van der Waals surface area contributed by atoms with E-state index in [0.717, 1.165) is 11.3 Å². The molecule has 4 nitrogen and oxygen atoms in total. The van der Waals surface area contributed by atoms with Crippen molar-refractivity contribution in [2.45, 2.75) is 27.3 Å². The molecule has 0 aliphatic rings. The molecule has 2 N–H and O–H groups in total. The zero-order valence-corrected chi connectivity index (χ0v) is 11.6. The summed E-state index contributed by atoms with van der Waals surface area (Å²) in [5.74, 6) is -0.159. The van der Waals surface area contributed by atoms with Crippen LogP contribution in [-0.4, -0.2) is 11.8 Å². The van der Waals surface area contributed by atoms with Crippen LogP contribution in [0.1, 0.15) is 26.3 Å². The van der Waals surface area contributed by atoms with E-state index in [0.29, 0.717) is 6.54 Å². The van der Waals surface area contributed by atoms with Crippen LogP contribution >= 0.6 is 0 Å². The summed E-state index contributed by atoms with van der Waals surface area (Å²) in [7, 11) is 0. The molecule has 1 aromatic carbocycles. The minimum atomic E-state index is -0.111. The Bertz CT molecular complexity index is 462. The fourth-order valence-corrected chi connectivity index (χ4v) is 1.39. The second-order valence-corrected chi connectivity index (χ2v) is 4.56. The SMILES string of the molecule is CC=CC(=O)NCc1ccc(NC(=O)C(C)C)cc1. The second kappa shape index (κ2) is 7.36. The molecule has 0 atom stereocenters. The quantitative estimate of drug-likeness (QED) is 0.799. The van der Waals surface area contributed by atoms with Gasteiger partial charge in [-0.1, -0.05) is 32.1 Å². The van der Waals surface area contributed by atoms with E-state index in [1.807, 2.05) is 38.1 Å². The van der Waals surface area contributed by atoms with E-state index in [1.165, 1.54) is 6.08 Å². The molecule has 102 valence electrons. The Balaban J connectivity index is 2.52. The van der Waals surface area contributed by atoms with Crippen molar-refractivity contribution in [3.63, 3.8) is 0 Å². The Hall–Kier alpha value is -2.10. The molecule has 1 aromatic rings. The Labute approximate surface area is 113 Å². The van der Waals surface area contributed by atoms with E-state index < -0.39 is 0 Å². The van der Waals surface area contributed by atoms with Crippen molar-refractivity contribution in [1.29, 1.82) is 0 Å². The van der Waals surface area contributed by atoms with Crippen LogP contribution in [0.25, 0.3) is 0 Å². The van der Waals surface area contributed by atoms with Crippen molar-refractivity contribution in [2.75, 3.05) is 5.32 Å². The lowest BCUT2D eigenvalue weighted by Crippen LogP contribution is -2.20. The first kappa shape index (κ1) is 15.0. The van der Waals surface area contributed by atoms with Gasteiger partial charge in [0.2, 0.25) is 11.8 Å². The lowest BCUT2D eigenvalue weighted by atomic mass is 10.1. The molecule has 0 heterocycles. The molecule has 0 spiro atoms. The molecule has 0 saturated carbocycles. The van der Waals surface area contributed by atoms with Crippen molar-refractivity contribution in [3.05, 3.63) is 42.0 Å². The highest BCUT2D eigenvalue weighted by Gasteiger charge is 2.06. The van der Waals surface area contributed by atoms with Gasteiger partial charge in [0, 0.05) is 18.2 Å². The summed E-state index contributed by atoms with van der Waals surface area (Å²) in [4.78, 5) is 22.8. The molecule has 0 unspecified atom stereocenters. The van der Waals surface area contributed by atoms with Crippen LogP contribution in [0.2, 0.25) is 0 Å². The van der Waals surface area contributed by atoms with Gasteiger partial charge in [0.25, 0.3) is 0 Å². The maximum atomic E-state index is 11.5. The second-order valence-electron chi connectivity index (χ2n) is 4.56. The van der Waals surface area contributed by atoms with Crippen LogP contribution in [0.3, 0.4) is 0 Å². The van der Waals surface area contributed by atoms with Crippen LogP contribution in [0.4, 0.5) is 5.69 Å². The van der Waals surface area contributed by atoms with Gasteiger partial charge in [-0.25, -0.2) is 0 Å². The van der Waals surface area contributed by atoms with Crippen LogP contribution in [0.15, 0.2) is 36.4 Å². The lowest BCUT2D eigenvalue weighted by molar-refractivity contribution is -0.119. The molecular weight excluding hydrogens is 240 g/mol. The van der Waals surface area contributed by atoms with E-state index in [-0.39, 0.29) is 17.7 Å². The summed E-state index contributed by atoms with van der Waals surface area (Å²) >= 11 is 0. The predicted octanol–water partition coefficient (Wildman–Crippen LogP) is 2.47. The van der Waals surface area contributed by atoms with Gasteiger partial charge in [-0.2, -0.15) is 0 Å². The molecule has 0 aliphatic carbocycles. The summed E-state index contributed by atoms with van der Waals surface area (Å²) < 4.78 is 0. The number of hydrogen-bond donors (Lipinski definition) is 2. The average Bonchev–Trinajstić information content (AvgIpc) is 2.38. The van der Waals surface area contributed by atoms with Crippen molar-refractivity contribution in [1.82, 2.24) is 5.32 Å². The summed E-state index contributed by atoms with van der Waals surface area (Å²) in [6.45, 7) is 5.97. The molecule has 4 heteroatoms. The topological polar surface area (TPSA) is 58.2 Å². The fourth-order valence-electron chi connectivity index (χ4n) is 1.39. The Morgan fingerprint density at radius 3 is 2.37 bits per heavy atom. The van der Waals surface area contributed by atoms with E-state index in [2.05, 4.69) is 10.6 Å². The molecule has 0 aromatic heterocycles. The fraction of sp³-hybridized carbons (Fsp3) is 0.333. The summed E-state index contributed by atoms with van der Waals surface area (Å²) in [5, 5.41) is 5.58. The number of nitrogens with one attached hydrogen (secondary N) is 2. The van der Waals surface area contributed by atoms with Crippen molar-refractivity contribution in [2.24, 2.45) is 5.92 Å². The van der Waals surface area contributed by atoms with Gasteiger partial charge in [0.1, 0.15) is 0 Å². The largest absolute Gasteiger partial charge is 0.348 e. The van der Waals surface area contributed by atoms with Crippen molar-refractivity contribution < 1.29 is 9.59 Å². The van der Waals surface area contributed by atoms with Gasteiger partial charge in [0.15, 0.2) is 0 Å². The molecule has 2 amide bonds. The highest BCUT2D eigenvalue weighted by Crippen LogP contribution is 2.10. The third kappa shape index (κ3) is 5.38. The van der Waals surface area contributed by atoms with Gasteiger partial charge >= 0.3 is 0 Å². The normalized spacial score (nSPS) is 10.7. The van der Waals surface area contributed by atoms with Gasteiger partial charge in [-0.15, -0.1) is 0 Å². The number of rotatable bonds is 5. The monoisotopic (exact) mass is 260 g/mol. The third-order valence-corrected chi connectivity index (χ3v) is 2.53. The third-order valence-electron chi connectivity index (χ3n) is 2.53. The maximum absolute atomic E-state index is 11.5. The lowest BCUT2D eigenvalue weighted by Gasteiger charge is -2.08. The first-order valence-electron chi connectivity index (χ1n) is 6.33. The molecule has 0 fully saturated rings. The van der Waals surface area contributed by atoms with E-state index >= 15 is 0 Å². The Morgan fingerprint density at radius 1 is 1.21 bits per heavy atom. The molecule has 1 rings (SSSR count). The zero-order chi connectivity index (χ0) is 14.3. The van der Waals surface area contributed by atoms with E-state index in [1.54, 1.807) is 13.0 Å². The highest BCUT2D eigenvalue weighted by atomic mass is 16.2. The van der Waals surface area contributed by atoms with Crippen molar-refractivity contribution >= 4 is 17.5 Å². The smallest absolute Gasteiger partial charge is 0.243 e. The standard InChI is InChI=1S/C15H20N2O2/c1-4-5-14(18)16-10-12-6-8-13(9-7-12)17-15(19)11(2)3/h4-9,11H,10H2,1-3H3,(H,16,18)(H,17,19). The molecule has 0 saturated heterocycles. The number of carbonyl (C=O) groups excluding carboxylic acids is 2. The summed E-state index contributed by atoms with van der Waals surface area (Å²) in [5.41, 5.74) is 1.75. The van der Waals surface area contributed by atoms with Crippen LogP contribution in [0.5, 0.6) is 0 Å². The predicted molar refractivity (Wildman–Crippen MR) is 76.6 cm³/mol. The van der Waals surface area contributed by atoms with Gasteiger partial charge in [-0.05, 0) is 30.7 Å². The van der Waals surface area contributed by atoms with Gasteiger partial charge in [0.05, 0.1) is 0 Å². The molecule has 0 radical (unpaired) electrons. The van der Waals surface area contributed by atoms with Crippen LogP contribution < -0.4 is 10.6 Å². The van der Waals surface area contributed by atoms with E-state index in [9.17, 15) is 9.59 Å². The Morgan fingerprint density at radius 2 is 1.84 bits per heavy atom. The molecule has 0 bridgehead atoms. The van der Waals surface area contributed by atoms with Crippen LogP contribution in [0, 0.1) is 5.92 Å². The first-order valence-corrected chi connectivity index (χ1v) is 6.33. The summed E-state index contributed by atoms with van der Waals surface area (Å²) in [6, 6.07) is 7.42. The number of hydrogen-bond acceptors (Lipinski definition) is 2. The number of amides is 2. The number of anilines is 1. The number of benzene rings is 1. The maximum Gasteiger partial charge on any atom is 0.243 e. The Kier molecular flexibility index (Phi) is 5.79. The first-order chi connectivity index (χ1) is 9.02. The van der Waals surface area contributed by atoms with E-state index in [4.69, 9.17) is 0 Å². The average molecular weight is 260 g/mol. The van der Waals surface area contributed by atoms with Crippen molar-refractivity contribution in [3.8, 4) is 0 Å². The number of allylic oxidation sites excluding steroid dienone is 1. The van der Waals surface area contributed by atoms with Gasteiger partial charge < -0.3 is 10.6 Å². The van der Waals surface area contributed by atoms with Gasteiger partial charge in [-0.3, -0.25) is 9.59 Å².